The van der Waals surface area contributed by atoms with Crippen LogP contribution in [0, 0.1) is 6.57 Å². The van der Waals surface area contributed by atoms with E-state index < -0.39 is 17.7 Å². The van der Waals surface area contributed by atoms with Gasteiger partial charge in [-0.05, 0) is 39.8 Å². The highest BCUT2D eigenvalue weighted by Crippen LogP contribution is 2.30. The van der Waals surface area contributed by atoms with Crippen LogP contribution >= 0.6 is 0 Å². The minimum atomic E-state index is -0.620. The molecule has 0 aromatic carbocycles. The van der Waals surface area contributed by atoms with Gasteiger partial charge in [0.2, 0.25) is 5.52 Å². The Hall–Kier alpha value is -3.12. The lowest BCUT2D eigenvalue weighted by atomic mass is 10.1. The first-order valence-electron chi connectivity index (χ1n) is 9.81. The van der Waals surface area contributed by atoms with Gasteiger partial charge in [0, 0.05) is 32.2 Å². The van der Waals surface area contributed by atoms with E-state index >= 15 is 0 Å². The maximum Gasteiger partial charge on any atom is 0.410 e. The van der Waals surface area contributed by atoms with Crippen molar-refractivity contribution < 1.29 is 14.6 Å². The van der Waals surface area contributed by atoms with E-state index in [-0.39, 0.29) is 30.6 Å². The number of rotatable bonds is 2. The first-order valence-corrected chi connectivity index (χ1v) is 9.81. The molecule has 0 unspecified atom stereocenters. The number of carbonyl (C=O) groups is 1. The molecular formula is C21H27N5O4. The first-order chi connectivity index (χ1) is 14.1. The standard InChI is InChI=1S/C21H27N5O4/c1-13-10-26(14(12-27)11-25(13)20(29)30-21(2,3)4)16-9-18(28)24(6)15-7-8-17(22-5)23-19(15)16/h7-9,13-14,27H,10-12H2,1-4,6H3/t13-,14-/m1/s1. The fourth-order valence-corrected chi connectivity index (χ4v) is 3.65. The number of amides is 1. The molecule has 1 aliphatic heterocycles. The molecule has 0 bridgehead atoms. The van der Waals surface area contributed by atoms with Gasteiger partial charge in [-0.25, -0.2) is 4.79 Å². The lowest BCUT2D eigenvalue weighted by Crippen LogP contribution is -2.61. The van der Waals surface area contributed by atoms with Crippen molar-refractivity contribution in [3.8, 4) is 0 Å². The van der Waals surface area contributed by atoms with Gasteiger partial charge in [0.05, 0.1) is 23.9 Å². The molecule has 1 saturated heterocycles. The van der Waals surface area contributed by atoms with Gasteiger partial charge in [-0.2, -0.15) is 0 Å². The van der Waals surface area contributed by atoms with Gasteiger partial charge in [0.1, 0.15) is 5.60 Å². The first kappa shape index (κ1) is 21.6. The van der Waals surface area contributed by atoms with Crippen LogP contribution in [0.4, 0.5) is 16.3 Å². The number of carbonyl (C=O) groups excluding carboxylic acids is 1. The van der Waals surface area contributed by atoms with Crippen molar-refractivity contribution in [3.63, 3.8) is 0 Å². The van der Waals surface area contributed by atoms with Crippen LogP contribution in [0.2, 0.25) is 0 Å². The Bertz CT molecular complexity index is 1070. The molecule has 0 aliphatic carbocycles. The second-order valence-electron chi connectivity index (χ2n) is 8.55. The Morgan fingerprint density at radius 3 is 2.67 bits per heavy atom. The van der Waals surface area contributed by atoms with Crippen molar-refractivity contribution in [3.05, 3.63) is 40.0 Å². The molecule has 30 heavy (non-hydrogen) atoms. The largest absolute Gasteiger partial charge is 0.444 e. The topological polar surface area (TPSA) is 92.3 Å². The maximum absolute atomic E-state index is 12.6. The highest BCUT2D eigenvalue weighted by Gasteiger charge is 2.37. The van der Waals surface area contributed by atoms with Crippen molar-refractivity contribution in [1.82, 2.24) is 14.5 Å². The van der Waals surface area contributed by atoms with Gasteiger partial charge in [0.15, 0.2) is 0 Å². The smallest absolute Gasteiger partial charge is 0.410 e. The number of hydrogen-bond acceptors (Lipinski definition) is 6. The average molecular weight is 413 g/mol. The molecule has 9 nitrogen and oxygen atoms in total. The molecule has 3 rings (SSSR count). The van der Waals surface area contributed by atoms with Crippen LogP contribution in [0.1, 0.15) is 27.7 Å². The van der Waals surface area contributed by atoms with Crippen LogP contribution in [0.3, 0.4) is 0 Å². The number of aromatic nitrogens is 2. The summed E-state index contributed by atoms with van der Waals surface area (Å²) in [6.45, 7) is 15.0. The lowest BCUT2D eigenvalue weighted by Gasteiger charge is -2.45. The fourth-order valence-electron chi connectivity index (χ4n) is 3.65. The molecule has 1 N–H and O–H groups in total. The highest BCUT2D eigenvalue weighted by molar-refractivity contribution is 5.90. The second kappa shape index (κ2) is 7.95. The Kier molecular flexibility index (Phi) is 5.72. The molecule has 2 aromatic rings. The van der Waals surface area contributed by atoms with Gasteiger partial charge in [0.25, 0.3) is 11.4 Å². The number of ether oxygens (including phenoxy) is 1. The fraction of sp³-hybridized carbons (Fsp3) is 0.524. The number of nitrogens with zero attached hydrogens (tertiary/aromatic N) is 5. The monoisotopic (exact) mass is 413 g/mol. The van der Waals surface area contributed by atoms with E-state index in [4.69, 9.17) is 11.3 Å². The minimum Gasteiger partial charge on any atom is -0.444 e. The SMILES string of the molecule is [C-]#[N+]c1ccc2c(n1)c(N1C[C@@H](C)N(C(=O)OC(C)(C)C)C[C@@H]1CO)cc(=O)n2C. The van der Waals surface area contributed by atoms with Crippen LogP contribution in [-0.4, -0.2) is 63.0 Å². The molecule has 1 amide bonds. The number of pyridine rings is 2. The van der Waals surface area contributed by atoms with E-state index in [1.165, 1.54) is 10.6 Å². The number of aryl methyl sites for hydroxylation is 1. The van der Waals surface area contributed by atoms with E-state index in [2.05, 4.69) is 9.83 Å². The molecule has 3 heterocycles. The van der Waals surface area contributed by atoms with E-state index in [1.54, 1.807) is 24.1 Å². The third-order valence-electron chi connectivity index (χ3n) is 5.16. The number of piperazine rings is 1. The van der Waals surface area contributed by atoms with Crippen LogP contribution in [0.5, 0.6) is 0 Å². The van der Waals surface area contributed by atoms with Crippen molar-refractivity contribution >= 4 is 28.6 Å². The summed E-state index contributed by atoms with van der Waals surface area (Å²) in [6.07, 6.45) is -0.435. The zero-order valence-electron chi connectivity index (χ0n) is 17.9. The quantitative estimate of drug-likeness (QED) is 0.760. The minimum absolute atomic E-state index is 0.214. The normalized spacial score (nSPS) is 19.6. The van der Waals surface area contributed by atoms with Gasteiger partial charge in [-0.3, -0.25) is 4.79 Å². The molecule has 0 spiro atoms. The summed E-state index contributed by atoms with van der Waals surface area (Å²) in [5.41, 5.74) is 0.831. The van der Waals surface area contributed by atoms with Crippen molar-refractivity contribution in [2.24, 2.45) is 7.05 Å². The molecule has 2 aromatic heterocycles. The Labute approximate surface area is 175 Å². The summed E-state index contributed by atoms with van der Waals surface area (Å²) in [6, 6.07) is 4.09. The van der Waals surface area contributed by atoms with Crippen LogP contribution in [-0.2, 0) is 11.8 Å². The van der Waals surface area contributed by atoms with Crippen molar-refractivity contribution in [2.45, 2.75) is 45.4 Å². The molecular weight excluding hydrogens is 386 g/mol. The highest BCUT2D eigenvalue weighted by atomic mass is 16.6. The summed E-state index contributed by atoms with van der Waals surface area (Å²) in [5.74, 6) is 0.225. The van der Waals surface area contributed by atoms with E-state index in [1.807, 2.05) is 32.6 Å². The van der Waals surface area contributed by atoms with Gasteiger partial charge < -0.3 is 29.1 Å². The second-order valence-corrected chi connectivity index (χ2v) is 8.55. The lowest BCUT2D eigenvalue weighted by molar-refractivity contribution is 0.0103. The number of hydrogen-bond donors (Lipinski definition) is 1. The Morgan fingerprint density at radius 1 is 1.37 bits per heavy atom. The van der Waals surface area contributed by atoms with Gasteiger partial charge in [-0.1, -0.05) is 6.57 Å². The third-order valence-corrected chi connectivity index (χ3v) is 5.16. The van der Waals surface area contributed by atoms with Gasteiger partial charge >= 0.3 is 6.09 Å². The van der Waals surface area contributed by atoms with Crippen molar-refractivity contribution in [1.29, 1.82) is 0 Å². The third kappa shape index (κ3) is 4.09. The average Bonchev–Trinajstić information content (AvgIpc) is 2.68. The zero-order valence-corrected chi connectivity index (χ0v) is 17.9. The van der Waals surface area contributed by atoms with Crippen LogP contribution in [0.15, 0.2) is 23.0 Å². The van der Waals surface area contributed by atoms with E-state index in [9.17, 15) is 14.7 Å². The molecule has 160 valence electrons. The number of anilines is 1. The number of aliphatic hydroxyl groups excluding tert-OH is 1. The van der Waals surface area contributed by atoms with Gasteiger partial charge in [-0.15, -0.1) is 4.98 Å². The summed E-state index contributed by atoms with van der Waals surface area (Å²) in [7, 11) is 1.65. The van der Waals surface area contributed by atoms with Crippen LogP contribution < -0.4 is 10.5 Å². The number of fused-ring (bicyclic) bond motifs is 1. The summed E-state index contributed by atoms with van der Waals surface area (Å²) in [5, 5.41) is 10.1. The maximum atomic E-state index is 12.6. The number of aliphatic hydroxyl groups is 1. The summed E-state index contributed by atoms with van der Waals surface area (Å²) < 4.78 is 6.98. The summed E-state index contributed by atoms with van der Waals surface area (Å²) in [4.78, 5) is 36.5. The zero-order chi connectivity index (χ0) is 22.2. The molecule has 0 radical (unpaired) electrons. The van der Waals surface area contributed by atoms with Crippen LogP contribution in [0.25, 0.3) is 15.9 Å². The molecule has 1 fully saturated rings. The Morgan fingerprint density at radius 2 is 2.07 bits per heavy atom. The predicted molar refractivity (Wildman–Crippen MR) is 114 cm³/mol. The molecule has 1 aliphatic rings. The molecule has 2 atom stereocenters. The van der Waals surface area contributed by atoms with Crippen molar-refractivity contribution in [2.75, 3.05) is 24.6 Å². The van der Waals surface area contributed by atoms with E-state index in [0.29, 0.717) is 23.3 Å². The Balaban J connectivity index is 2.03. The molecule has 0 saturated carbocycles. The molecule has 9 heteroatoms. The summed E-state index contributed by atoms with van der Waals surface area (Å²) >= 11 is 0. The van der Waals surface area contributed by atoms with E-state index in [0.717, 1.165) is 0 Å². The predicted octanol–water partition coefficient (Wildman–Crippen LogP) is 2.29.